The van der Waals surface area contributed by atoms with Gasteiger partial charge in [-0.15, -0.1) is 0 Å². The topological polar surface area (TPSA) is 94.5 Å². The minimum atomic E-state index is -1.06. The van der Waals surface area contributed by atoms with Crippen LogP contribution in [-0.4, -0.2) is 59.3 Å². The Kier molecular flexibility index (Phi) is 4.89. The lowest BCUT2D eigenvalue weighted by Gasteiger charge is -2.38. The van der Waals surface area contributed by atoms with Crippen molar-refractivity contribution in [2.24, 2.45) is 0 Å². The van der Waals surface area contributed by atoms with Gasteiger partial charge >= 0.3 is 5.97 Å². The fraction of sp³-hybridized carbons (Fsp3) is 0.588. The van der Waals surface area contributed by atoms with Crippen molar-refractivity contribution in [1.29, 1.82) is 0 Å². The van der Waals surface area contributed by atoms with Gasteiger partial charge < -0.3 is 29.2 Å². The predicted octanol–water partition coefficient (Wildman–Crippen LogP) is 0.370. The summed E-state index contributed by atoms with van der Waals surface area (Å²) in [6.45, 7) is 2.99. The molecule has 24 heavy (non-hydrogen) atoms. The van der Waals surface area contributed by atoms with Gasteiger partial charge in [0.1, 0.15) is 18.3 Å². The summed E-state index contributed by atoms with van der Waals surface area (Å²) in [4.78, 5) is 12.2. The largest absolute Gasteiger partial charge is 0.432 e. The summed E-state index contributed by atoms with van der Waals surface area (Å²) in [6.07, 6.45) is -4.41. The minimum absolute atomic E-state index is 0.0919. The number of aliphatic hydroxyl groups is 2. The van der Waals surface area contributed by atoms with E-state index in [1.807, 2.05) is 30.3 Å². The Morgan fingerprint density at radius 1 is 1.21 bits per heavy atom. The summed E-state index contributed by atoms with van der Waals surface area (Å²) in [5, 5.41) is 19.6. The molecule has 132 valence electrons. The maximum absolute atomic E-state index is 12.2. The van der Waals surface area contributed by atoms with E-state index in [1.54, 1.807) is 13.8 Å². The summed E-state index contributed by atoms with van der Waals surface area (Å²) in [5.74, 6) is -1.42. The fourth-order valence-corrected chi connectivity index (χ4v) is 3.01. The molecule has 2 N–H and O–H groups in total. The normalized spacial score (nSPS) is 34.6. The number of fused-ring (bicyclic) bond motifs is 1. The van der Waals surface area contributed by atoms with Gasteiger partial charge in [0.15, 0.2) is 11.9 Å². The van der Waals surface area contributed by atoms with Gasteiger partial charge in [0, 0.05) is 0 Å². The van der Waals surface area contributed by atoms with Gasteiger partial charge in [0.05, 0.1) is 13.0 Å². The molecule has 2 fully saturated rings. The van der Waals surface area contributed by atoms with Crippen LogP contribution in [0.2, 0.25) is 0 Å². The highest BCUT2D eigenvalue weighted by atomic mass is 16.8. The summed E-state index contributed by atoms with van der Waals surface area (Å²) in [7, 11) is 0. The third-order valence-corrected chi connectivity index (χ3v) is 4.08. The lowest BCUT2D eigenvalue weighted by atomic mass is 9.99. The number of rotatable bonds is 4. The standard InChI is InChI=1S/C17H22O7/c1-17(2)23-14-13(20)11(9-18)21-16(15(14)24-17)22-12(19)8-10-6-4-3-5-7-10/h3-7,11,13-16,18,20H,8-9H2,1-2H3/t11-,13-,14+,15+,16-/m1/s1. The van der Waals surface area contributed by atoms with Crippen LogP contribution in [0.4, 0.5) is 0 Å². The number of carbonyl (C=O) groups is 1. The molecule has 0 saturated carbocycles. The SMILES string of the molecule is CC1(C)O[C@@H]2[C@@H](OC(=O)Cc3ccccc3)O[C@H](CO)[C@@H](O)[C@@H]2O1. The maximum atomic E-state index is 12.2. The quantitative estimate of drug-likeness (QED) is 0.766. The van der Waals surface area contributed by atoms with Crippen LogP contribution in [-0.2, 0) is 30.2 Å². The smallest absolute Gasteiger partial charge is 0.312 e. The first-order valence-corrected chi connectivity index (χ1v) is 7.93. The number of carbonyl (C=O) groups excluding carboxylic acids is 1. The minimum Gasteiger partial charge on any atom is -0.432 e. The lowest BCUT2D eigenvalue weighted by molar-refractivity contribution is -0.271. The molecule has 0 amide bonds. The number of hydrogen-bond donors (Lipinski definition) is 2. The van der Waals surface area contributed by atoms with Crippen LogP contribution in [0.3, 0.4) is 0 Å². The molecule has 1 aromatic rings. The van der Waals surface area contributed by atoms with Crippen LogP contribution in [0, 0.1) is 0 Å². The second-order valence-corrected chi connectivity index (χ2v) is 6.43. The van der Waals surface area contributed by atoms with E-state index in [-0.39, 0.29) is 6.42 Å². The van der Waals surface area contributed by atoms with Crippen molar-refractivity contribution in [2.45, 2.75) is 56.8 Å². The van der Waals surface area contributed by atoms with Crippen LogP contribution in [0.5, 0.6) is 0 Å². The van der Waals surface area contributed by atoms with Gasteiger partial charge in [0.25, 0.3) is 0 Å². The first-order valence-electron chi connectivity index (χ1n) is 7.93. The van der Waals surface area contributed by atoms with Crippen LogP contribution in [0.25, 0.3) is 0 Å². The molecule has 1 aromatic carbocycles. The molecule has 0 spiro atoms. The van der Waals surface area contributed by atoms with Crippen molar-refractivity contribution in [2.75, 3.05) is 6.61 Å². The first-order chi connectivity index (χ1) is 11.4. The third kappa shape index (κ3) is 3.60. The Bertz CT molecular complexity index is 574. The van der Waals surface area contributed by atoms with Gasteiger partial charge in [-0.3, -0.25) is 4.79 Å². The highest BCUT2D eigenvalue weighted by Crippen LogP contribution is 2.37. The van der Waals surface area contributed by atoms with Crippen LogP contribution in [0.1, 0.15) is 19.4 Å². The van der Waals surface area contributed by atoms with Crippen molar-refractivity contribution in [1.82, 2.24) is 0 Å². The van der Waals surface area contributed by atoms with Crippen molar-refractivity contribution in [3.8, 4) is 0 Å². The zero-order chi connectivity index (χ0) is 17.3. The van der Waals surface area contributed by atoms with E-state index >= 15 is 0 Å². The molecule has 0 aliphatic carbocycles. The van der Waals surface area contributed by atoms with Crippen molar-refractivity contribution in [3.05, 3.63) is 35.9 Å². The molecule has 3 rings (SSSR count). The number of ether oxygens (including phenoxy) is 4. The Hall–Kier alpha value is -1.51. The average Bonchev–Trinajstić information content (AvgIpc) is 2.87. The molecule has 2 heterocycles. The van der Waals surface area contributed by atoms with E-state index in [1.165, 1.54) is 0 Å². The van der Waals surface area contributed by atoms with Gasteiger partial charge in [-0.2, -0.15) is 0 Å². The number of aliphatic hydroxyl groups excluding tert-OH is 2. The van der Waals surface area contributed by atoms with Gasteiger partial charge in [-0.25, -0.2) is 0 Å². The highest BCUT2D eigenvalue weighted by Gasteiger charge is 2.56. The third-order valence-electron chi connectivity index (χ3n) is 4.08. The van der Waals surface area contributed by atoms with Crippen molar-refractivity contribution in [3.63, 3.8) is 0 Å². The summed E-state index contributed by atoms with van der Waals surface area (Å²) in [6, 6.07) is 9.19. The van der Waals surface area contributed by atoms with Crippen molar-refractivity contribution < 1.29 is 34.0 Å². The molecule has 5 atom stereocenters. The van der Waals surface area contributed by atoms with E-state index in [0.717, 1.165) is 5.56 Å². The molecule has 0 unspecified atom stereocenters. The second-order valence-electron chi connectivity index (χ2n) is 6.43. The molecule has 0 aromatic heterocycles. The lowest BCUT2D eigenvalue weighted by Crippen LogP contribution is -2.58. The molecule has 2 saturated heterocycles. The highest BCUT2D eigenvalue weighted by molar-refractivity contribution is 5.72. The van der Waals surface area contributed by atoms with Gasteiger partial charge in [0.2, 0.25) is 6.29 Å². The molecule has 2 aliphatic heterocycles. The van der Waals surface area contributed by atoms with Gasteiger partial charge in [-0.05, 0) is 19.4 Å². The van der Waals surface area contributed by atoms with E-state index < -0.39 is 49.1 Å². The Balaban J connectivity index is 1.70. The van der Waals surface area contributed by atoms with Crippen LogP contribution in [0.15, 0.2) is 30.3 Å². The first kappa shape index (κ1) is 17.3. The zero-order valence-corrected chi connectivity index (χ0v) is 13.6. The number of hydrogen-bond acceptors (Lipinski definition) is 7. The van der Waals surface area contributed by atoms with E-state index in [4.69, 9.17) is 18.9 Å². The molecule has 7 heteroatoms. The summed E-state index contributed by atoms with van der Waals surface area (Å²) >= 11 is 0. The number of benzene rings is 1. The maximum Gasteiger partial charge on any atom is 0.312 e. The monoisotopic (exact) mass is 338 g/mol. The average molecular weight is 338 g/mol. The molecule has 2 aliphatic rings. The van der Waals surface area contributed by atoms with Crippen molar-refractivity contribution >= 4 is 5.97 Å². The van der Waals surface area contributed by atoms with E-state index in [2.05, 4.69) is 0 Å². The van der Waals surface area contributed by atoms with E-state index in [0.29, 0.717) is 0 Å². The van der Waals surface area contributed by atoms with Crippen LogP contribution >= 0.6 is 0 Å². The Labute approximate surface area is 140 Å². The molecule has 7 nitrogen and oxygen atoms in total. The van der Waals surface area contributed by atoms with Crippen LogP contribution < -0.4 is 0 Å². The molecule has 0 radical (unpaired) electrons. The zero-order valence-electron chi connectivity index (χ0n) is 13.6. The Morgan fingerprint density at radius 2 is 1.88 bits per heavy atom. The molecular formula is C17H22O7. The Morgan fingerprint density at radius 3 is 2.54 bits per heavy atom. The number of esters is 1. The summed E-state index contributed by atoms with van der Waals surface area (Å²) in [5.41, 5.74) is 0.817. The molecule has 0 bridgehead atoms. The molecular weight excluding hydrogens is 316 g/mol. The predicted molar refractivity (Wildman–Crippen MR) is 81.8 cm³/mol. The van der Waals surface area contributed by atoms with E-state index in [9.17, 15) is 15.0 Å². The summed E-state index contributed by atoms with van der Waals surface area (Å²) < 4.78 is 22.3. The fourth-order valence-electron chi connectivity index (χ4n) is 3.01. The van der Waals surface area contributed by atoms with Gasteiger partial charge in [-0.1, -0.05) is 30.3 Å². The second kappa shape index (κ2) is 6.78.